The predicted molar refractivity (Wildman–Crippen MR) is 199 cm³/mol. The van der Waals surface area contributed by atoms with E-state index in [-0.39, 0.29) is 18.9 Å². The molecule has 0 fully saturated rings. The van der Waals surface area contributed by atoms with Crippen LogP contribution in [0.25, 0.3) is 0 Å². The van der Waals surface area contributed by atoms with Crippen LogP contribution in [0.15, 0.2) is 60.8 Å². The van der Waals surface area contributed by atoms with Gasteiger partial charge in [-0.05, 0) is 64.2 Å². The quantitative estimate of drug-likeness (QED) is 0.0423. The lowest BCUT2D eigenvalue weighted by Gasteiger charge is -2.21. The fourth-order valence-electron chi connectivity index (χ4n) is 5.33. The second-order valence-electron chi connectivity index (χ2n) is 12.8. The summed E-state index contributed by atoms with van der Waals surface area (Å²) in [7, 11) is 0. The SMILES string of the molecule is CC/C=C\C/C=C\CCCCCCCCCCCCCCC(O)CC(=O)NC(CO)C(O)/C=C/CC/C=C/CC/C=C/CCCC. The Balaban J connectivity index is 3.74. The maximum atomic E-state index is 12.4. The van der Waals surface area contributed by atoms with Crippen molar-refractivity contribution in [2.45, 2.75) is 186 Å². The third-order valence-electron chi connectivity index (χ3n) is 8.27. The molecule has 0 radical (unpaired) electrons. The average Bonchev–Trinajstić information content (AvgIpc) is 3.05. The maximum Gasteiger partial charge on any atom is 0.222 e. The average molecular weight is 644 g/mol. The molecule has 46 heavy (non-hydrogen) atoms. The number of unbranched alkanes of at least 4 members (excludes halogenated alkanes) is 16. The minimum Gasteiger partial charge on any atom is -0.394 e. The number of hydrogen-bond donors (Lipinski definition) is 4. The Kier molecular flexibility index (Phi) is 34.4. The third-order valence-corrected chi connectivity index (χ3v) is 8.27. The van der Waals surface area contributed by atoms with E-state index in [0.717, 1.165) is 51.4 Å². The first-order valence-corrected chi connectivity index (χ1v) is 19.1. The molecule has 0 aromatic rings. The van der Waals surface area contributed by atoms with E-state index in [9.17, 15) is 20.1 Å². The molecule has 0 aliphatic heterocycles. The Morgan fingerprint density at radius 3 is 1.63 bits per heavy atom. The maximum absolute atomic E-state index is 12.4. The van der Waals surface area contributed by atoms with Crippen LogP contribution in [0.5, 0.6) is 0 Å². The summed E-state index contributed by atoms with van der Waals surface area (Å²) in [6, 6.07) is -0.767. The standard InChI is InChI=1S/C41H73NO4/c1-3-5-7-9-11-13-15-17-18-19-20-21-22-23-24-26-28-30-32-34-38(44)36-41(46)42-39(37-43)40(45)35-33-31-29-27-25-16-14-12-10-8-6-4-2/h5,7,10-13,25,27,33,35,38-40,43-45H,3-4,6,8-9,14-24,26,28-32,34,36-37H2,1-2H3,(H,42,46)/b7-5-,12-10+,13-11-,27-25+,35-33+. The minimum absolute atomic E-state index is 0.00112. The fourth-order valence-corrected chi connectivity index (χ4v) is 5.33. The normalized spacial score (nSPS) is 14.5. The molecule has 3 unspecified atom stereocenters. The van der Waals surface area contributed by atoms with Crippen molar-refractivity contribution in [2.75, 3.05) is 6.61 Å². The Morgan fingerprint density at radius 2 is 1.07 bits per heavy atom. The zero-order valence-corrected chi connectivity index (χ0v) is 29.9. The van der Waals surface area contributed by atoms with Crippen molar-refractivity contribution in [3.05, 3.63) is 60.8 Å². The van der Waals surface area contributed by atoms with Crippen LogP contribution in [-0.4, -0.2) is 46.1 Å². The van der Waals surface area contributed by atoms with E-state index in [1.54, 1.807) is 6.08 Å². The molecule has 5 heteroatoms. The number of aliphatic hydroxyl groups is 3. The molecule has 0 rings (SSSR count). The first kappa shape index (κ1) is 44.0. The van der Waals surface area contributed by atoms with Gasteiger partial charge in [0.15, 0.2) is 0 Å². The molecule has 0 heterocycles. The van der Waals surface area contributed by atoms with E-state index >= 15 is 0 Å². The summed E-state index contributed by atoms with van der Waals surface area (Å²) in [6.07, 6.45) is 46.4. The molecule has 0 aliphatic carbocycles. The molecule has 266 valence electrons. The van der Waals surface area contributed by atoms with Crippen molar-refractivity contribution < 1.29 is 20.1 Å². The molecule has 5 nitrogen and oxygen atoms in total. The van der Waals surface area contributed by atoms with Crippen molar-refractivity contribution in [1.29, 1.82) is 0 Å². The first-order valence-electron chi connectivity index (χ1n) is 19.1. The van der Waals surface area contributed by atoms with E-state index in [4.69, 9.17) is 0 Å². The Hall–Kier alpha value is -1.95. The highest BCUT2D eigenvalue weighted by Crippen LogP contribution is 2.14. The third kappa shape index (κ3) is 32.0. The number of hydrogen-bond acceptors (Lipinski definition) is 4. The van der Waals surface area contributed by atoms with E-state index in [1.165, 1.54) is 89.9 Å². The lowest BCUT2D eigenvalue weighted by atomic mass is 10.0. The van der Waals surface area contributed by atoms with E-state index in [0.29, 0.717) is 6.42 Å². The second-order valence-corrected chi connectivity index (χ2v) is 12.8. The van der Waals surface area contributed by atoms with Crippen molar-refractivity contribution in [3.63, 3.8) is 0 Å². The van der Waals surface area contributed by atoms with Crippen molar-refractivity contribution in [2.24, 2.45) is 0 Å². The monoisotopic (exact) mass is 644 g/mol. The van der Waals surface area contributed by atoms with Crippen molar-refractivity contribution in [3.8, 4) is 0 Å². The van der Waals surface area contributed by atoms with E-state index in [1.807, 2.05) is 6.08 Å². The highest BCUT2D eigenvalue weighted by Gasteiger charge is 2.20. The van der Waals surface area contributed by atoms with Crippen molar-refractivity contribution in [1.82, 2.24) is 5.32 Å². The van der Waals surface area contributed by atoms with Gasteiger partial charge >= 0.3 is 0 Å². The van der Waals surface area contributed by atoms with E-state index in [2.05, 4.69) is 67.8 Å². The molecule has 0 bridgehead atoms. The Morgan fingerprint density at radius 1 is 0.587 bits per heavy atom. The second kappa shape index (κ2) is 35.9. The highest BCUT2D eigenvalue weighted by molar-refractivity contribution is 5.76. The van der Waals surface area contributed by atoms with Gasteiger partial charge in [-0.3, -0.25) is 4.79 Å². The summed E-state index contributed by atoms with van der Waals surface area (Å²) in [6.45, 7) is 4.02. The summed E-state index contributed by atoms with van der Waals surface area (Å²) in [5.74, 6) is -0.335. The zero-order valence-electron chi connectivity index (χ0n) is 29.9. The molecular weight excluding hydrogens is 570 g/mol. The first-order chi connectivity index (χ1) is 22.5. The van der Waals surface area contributed by atoms with Gasteiger partial charge in [-0.15, -0.1) is 0 Å². The van der Waals surface area contributed by atoms with Gasteiger partial charge in [-0.2, -0.15) is 0 Å². The van der Waals surface area contributed by atoms with Gasteiger partial charge < -0.3 is 20.6 Å². The zero-order chi connectivity index (χ0) is 33.8. The molecule has 0 aliphatic rings. The van der Waals surface area contributed by atoms with Crippen LogP contribution in [0.3, 0.4) is 0 Å². The van der Waals surface area contributed by atoms with E-state index < -0.39 is 18.2 Å². The number of carbonyl (C=O) groups is 1. The fraction of sp³-hybridized carbons (Fsp3) is 0.732. The van der Waals surface area contributed by atoms with Crippen molar-refractivity contribution >= 4 is 5.91 Å². The molecule has 0 saturated carbocycles. The van der Waals surface area contributed by atoms with Crippen LogP contribution < -0.4 is 5.32 Å². The van der Waals surface area contributed by atoms with Crippen LogP contribution in [0.1, 0.15) is 168 Å². The predicted octanol–water partition coefficient (Wildman–Crippen LogP) is 10.4. The summed E-state index contributed by atoms with van der Waals surface area (Å²) in [5.41, 5.74) is 0. The number of carbonyl (C=O) groups excluding carboxylic acids is 1. The Bertz CT molecular complexity index is 800. The lowest BCUT2D eigenvalue weighted by molar-refractivity contribution is -0.124. The molecule has 0 saturated heterocycles. The summed E-state index contributed by atoms with van der Waals surface area (Å²) in [4.78, 5) is 12.4. The van der Waals surface area contributed by atoms with Gasteiger partial charge in [-0.25, -0.2) is 0 Å². The van der Waals surface area contributed by atoms with Crippen LogP contribution in [0, 0.1) is 0 Å². The molecule has 1 amide bonds. The Labute approximate surface area is 284 Å². The molecule has 0 aromatic heterocycles. The summed E-state index contributed by atoms with van der Waals surface area (Å²) < 4.78 is 0. The number of rotatable bonds is 33. The molecular formula is C41H73NO4. The van der Waals surface area contributed by atoms with Crippen LogP contribution >= 0.6 is 0 Å². The van der Waals surface area contributed by atoms with Gasteiger partial charge in [0, 0.05) is 0 Å². The van der Waals surface area contributed by atoms with Crippen LogP contribution in [-0.2, 0) is 4.79 Å². The molecule has 4 N–H and O–H groups in total. The lowest BCUT2D eigenvalue weighted by Crippen LogP contribution is -2.45. The van der Waals surface area contributed by atoms with Crippen LogP contribution in [0.4, 0.5) is 0 Å². The number of nitrogens with one attached hydrogen (secondary N) is 1. The topological polar surface area (TPSA) is 89.8 Å². The molecule has 0 spiro atoms. The van der Waals surface area contributed by atoms with Gasteiger partial charge in [-0.1, -0.05) is 158 Å². The van der Waals surface area contributed by atoms with Gasteiger partial charge in [0.25, 0.3) is 0 Å². The van der Waals surface area contributed by atoms with Gasteiger partial charge in [0.2, 0.25) is 5.91 Å². The number of allylic oxidation sites excluding steroid dienone is 9. The summed E-state index contributed by atoms with van der Waals surface area (Å²) >= 11 is 0. The number of amides is 1. The molecule has 0 aromatic carbocycles. The van der Waals surface area contributed by atoms with Gasteiger partial charge in [0.1, 0.15) is 0 Å². The number of aliphatic hydroxyl groups excluding tert-OH is 3. The van der Waals surface area contributed by atoms with Gasteiger partial charge in [0.05, 0.1) is 31.3 Å². The highest BCUT2D eigenvalue weighted by atomic mass is 16.3. The minimum atomic E-state index is -0.959. The smallest absolute Gasteiger partial charge is 0.222 e. The molecule has 3 atom stereocenters. The van der Waals surface area contributed by atoms with Crippen LogP contribution in [0.2, 0.25) is 0 Å². The largest absolute Gasteiger partial charge is 0.394 e. The summed E-state index contributed by atoms with van der Waals surface area (Å²) in [5, 5.41) is 33.0.